The van der Waals surface area contributed by atoms with Crippen molar-refractivity contribution in [2.45, 2.75) is 26.3 Å². The van der Waals surface area contributed by atoms with Gasteiger partial charge in [-0.2, -0.15) is 0 Å². The lowest BCUT2D eigenvalue weighted by atomic mass is 10.1. The number of amides is 2. The first-order valence-electron chi connectivity index (χ1n) is 5.91. The fourth-order valence-corrected chi connectivity index (χ4v) is 1.61. The van der Waals surface area contributed by atoms with Gasteiger partial charge < -0.3 is 15.7 Å². The molecule has 0 spiro atoms. The molecule has 0 radical (unpaired) electrons. The molecule has 0 aliphatic heterocycles. The highest BCUT2D eigenvalue weighted by atomic mass is 16.6. The highest BCUT2D eigenvalue weighted by molar-refractivity contribution is 5.93. The van der Waals surface area contributed by atoms with Gasteiger partial charge in [0.15, 0.2) is 0 Å². The zero-order chi connectivity index (χ0) is 15.3. The van der Waals surface area contributed by atoms with Crippen LogP contribution in [0.15, 0.2) is 18.2 Å². The van der Waals surface area contributed by atoms with Crippen LogP contribution in [0.5, 0.6) is 0 Å². The summed E-state index contributed by atoms with van der Waals surface area (Å²) in [7, 11) is 0. The minimum absolute atomic E-state index is 0.118. The standard InChI is InChI=1S/C12H15N3O5/c1-3-8(11(16)17)13-12(18)14-9-5-4-6-10(7(9)2)15(19)20/h4-6,8H,3H2,1-2H3,(H,16,17)(H2,13,14,18)/t8-/m1/s1. The first-order chi connectivity index (χ1) is 9.36. The molecule has 0 fully saturated rings. The van der Waals surface area contributed by atoms with Gasteiger partial charge in [-0.25, -0.2) is 9.59 Å². The maximum Gasteiger partial charge on any atom is 0.326 e. The van der Waals surface area contributed by atoms with Gasteiger partial charge in [-0.15, -0.1) is 0 Å². The van der Waals surface area contributed by atoms with Gasteiger partial charge in [0.1, 0.15) is 6.04 Å². The van der Waals surface area contributed by atoms with Crippen LogP contribution in [0.4, 0.5) is 16.2 Å². The Morgan fingerprint density at radius 3 is 2.60 bits per heavy atom. The molecule has 0 saturated carbocycles. The number of urea groups is 1. The first kappa shape index (κ1) is 15.4. The number of nitro benzene ring substituents is 1. The number of rotatable bonds is 5. The SMILES string of the molecule is CC[C@@H](NC(=O)Nc1cccc([N+](=O)[O-])c1C)C(=O)O. The van der Waals surface area contributed by atoms with Crippen molar-refractivity contribution in [2.24, 2.45) is 0 Å². The minimum Gasteiger partial charge on any atom is -0.480 e. The zero-order valence-corrected chi connectivity index (χ0v) is 11.0. The first-order valence-corrected chi connectivity index (χ1v) is 5.91. The molecule has 108 valence electrons. The van der Waals surface area contributed by atoms with E-state index in [2.05, 4.69) is 10.6 Å². The predicted octanol–water partition coefficient (Wildman–Crippen LogP) is 1.89. The van der Waals surface area contributed by atoms with Crippen LogP contribution in [0.3, 0.4) is 0 Å². The lowest BCUT2D eigenvalue weighted by Gasteiger charge is -2.14. The van der Waals surface area contributed by atoms with Crippen LogP contribution in [0.1, 0.15) is 18.9 Å². The third-order valence-corrected chi connectivity index (χ3v) is 2.76. The summed E-state index contributed by atoms with van der Waals surface area (Å²) < 4.78 is 0. The molecule has 1 aromatic carbocycles. The lowest BCUT2D eigenvalue weighted by molar-refractivity contribution is -0.385. The summed E-state index contributed by atoms with van der Waals surface area (Å²) >= 11 is 0. The molecule has 0 aliphatic rings. The van der Waals surface area contributed by atoms with E-state index >= 15 is 0 Å². The van der Waals surface area contributed by atoms with Crippen LogP contribution >= 0.6 is 0 Å². The van der Waals surface area contributed by atoms with E-state index in [0.29, 0.717) is 5.56 Å². The van der Waals surface area contributed by atoms with E-state index in [9.17, 15) is 19.7 Å². The maximum absolute atomic E-state index is 11.7. The van der Waals surface area contributed by atoms with E-state index in [1.165, 1.54) is 25.1 Å². The van der Waals surface area contributed by atoms with E-state index < -0.39 is 23.0 Å². The van der Waals surface area contributed by atoms with Crippen LogP contribution in [-0.2, 0) is 4.79 Å². The van der Waals surface area contributed by atoms with Crippen molar-refractivity contribution in [2.75, 3.05) is 5.32 Å². The number of benzene rings is 1. The van der Waals surface area contributed by atoms with Gasteiger partial charge in [0, 0.05) is 6.07 Å². The molecular weight excluding hydrogens is 266 g/mol. The van der Waals surface area contributed by atoms with Gasteiger partial charge in [0.2, 0.25) is 0 Å². The van der Waals surface area contributed by atoms with Crippen molar-refractivity contribution in [3.63, 3.8) is 0 Å². The summed E-state index contributed by atoms with van der Waals surface area (Å²) in [4.78, 5) is 32.7. The van der Waals surface area contributed by atoms with Crippen molar-refractivity contribution >= 4 is 23.4 Å². The monoisotopic (exact) mass is 281 g/mol. The summed E-state index contributed by atoms with van der Waals surface area (Å²) in [5.74, 6) is -1.14. The predicted molar refractivity (Wildman–Crippen MR) is 71.7 cm³/mol. The van der Waals surface area contributed by atoms with Gasteiger partial charge >= 0.3 is 12.0 Å². The van der Waals surface area contributed by atoms with Gasteiger partial charge in [-0.3, -0.25) is 10.1 Å². The van der Waals surface area contributed by atoms with Crippen molar-refractivity contribution in [1.29, 1.82) is 0 Å². The molecule has 2 amide bonds. The molecule has 0 aliphatic carbocycles. The number of carboxylic acid groups (broad SMARTS) is 1. The van der Waals surface area contributed by atoms with Crippen molar-refractivity contribution in [3.05, 3.63) is 33.9 Å². The Balaban J connectivity index is 2.84. The topological polar surface area (TPSA) is 122 Å². The number of carbonyl (C=O) groups is 2. The number of carbonyl (C=O) groups excluding carboxylic acids is 1. The van der Waals surface area contributed by atoms with Gasteiger partial charge in [-0.1, -0.05) is 13.0 Å². The molecule has 0 saturated heterocycles. The Labute approximate surface area is 114 Å². The highest BCUT2D eigenvalue weighted by Crippen LogP contribution is 2.24. The average Bonchev–Trinajstić information content (AvgIpc) is 2.37. The summed E-state index contributed by atoms with van der Waals surface area (Å²) in [6.45, 7) is 3.12. The van der Waals surface area contributed by atoms with Gasteiger partial charge in [-0.05, 0) is 19.4 Å². The Morgan fingerprint density at radius 2 is 2.10 bits per heavy atom. The molecule has 0 aromatic heterocycles. The maximum atomic E-state index is 11.7. The van der Waals surface area contributed by atoms with Gasteiger partial charge in [0.05, 0.1) is 16.2 Å². The Bertz CT molecular complexity index is 544. The lowest BCUT2D eigenvalue weighted by Crippen LogP contribution is -2.42. The van der Waals surface area contributed by atoms with E-state index in [1.807, 2.05) is 0 Å². The van der Waals surface area contributed by atoms with Crippen molar-refractivity contribution in [3.8, 4) is 0 Å². The third-order valence-electron chi connectivity index (χ3n) is 2.76. The smallest absolute Gasteiger partial charge is 0.326 e. The normalized spacial score (nSPS) is 11.5. The van der Waals surface area contributed by atoms with Gasteiger partial charge in [0.25, 0.3) is 5.69 Å². The number of hydrogen-bond donors (Lipinski definition) is 3. The highest BCUT2D eigenvalue weighted by Gasteiger charge is 2.19. The summed E-state index contributed by atoms with van der Waals surface area (Å²) in [5, 5.41) is 24.3. The molecule has 0 bridgehead atoms. The fraction of sp³-hybridized carbons (Fsp3) is 0.333. The molecule has 1 rings (SSSR count). The molecular formula is C12H15N3O5. The number of nitro groups is 1. The average molecular weight is 281 g/mol. The Hall–Kier alpha value is -2.64. The summed E-state index contributed by atoms with van der Waals surface area (Å²) in [6, 6.07) is 2.54. The molecule has 1 aromatic rings. The molecule has 1 atom stereocenters. The second-order valence-corrected chi connectivity index (χ2v) is 4.10. The van der Waals surface area contributed by atoms with E-state index in [-0.39, 0.29) is 17.8 Å². The third kappa shape index (κ3) is 3.67. The summed E-state index contributed by atoms with van der Waals surface area (Å²) in [6.07, 6.45) is 0.233. The zero-order valence-electron chi connectivity index (χ0n) is 11.0. The molecule has 3 N–H and O–H groups in total. The second-order valence-electron chi connectivity index (χ2n) is 4.10. The number of anilines is 1. The number of nitrogens with zero attached hydrogens (tertiary/aromatic N) is 1. The Kier molecular flexibility index (Phi) is 5.01. The minimum atomic E-state index is -1.14. The van der Waals surface area contributed by atoms with Crippen molar-refractivity contribution in [1.82, 2.24) is 5.32 Å². The molecule has 20 heavy (non-hydrogen) atoms. The number of aliphatic carboxylic acids is 1. The molecule has 8 heteroatoms. The molecule has 8 nitrogen and oxygen atoms in total. The van der Waals surface area contributed by atoms with E-state index in [1.54, 1.807) is 6.92 Å². The van der Waals surface area contributed by atoms with Crippen LogP contribution in [0.25, 0.3) is 0 Å². The van der Waals surface area contributed by atoms with Crippen LogP contribution in [0.2, 0.25) is 0 Å². The number of nitrogens with one attached hydrogen (secondary N) is 2. The largest absolute Gasteiger partial charge is 0.480 e. The van der Waals surface area contributed by atoms with E-state index in [4.69, 9.17) is 5.11 Å². The fourth-order valence-electron chi connectivity index (χ4n) is 1.61. The van der Waals surface area contributed by atoms with Crippen LogP contribution < -0.4 is 10.6 Å². The number of hydrogen-bond acceptors (Lipinski definition) is 4. The van der Waals surface area contributed by atoms with Crippen LogP contribution in [0, 0.1) is 17.0 Å². The second kappa shape index (κ2) is 6.50. The molecule has 0 heterocycles. The summed E-state index contributed by atoms with van der Waals surface area (Å²) in [5.41, 5.74) is 0.445. The number of carboxylic acids is 1. The Morgan fingerprint density at radius 1 is 1.45 bits per heavy atom. The van der Waals surface area contributed by atoms with Crippen LogP contribution in [-0.4, -0.2) is 28.1 Å². The van der Waals surface area contributed by atoms with E-state index in [0.717, 1.165) is 0 Å². The molecule has 0 unspecified atom stereocenters. The van der Waals surface area contributed by atoms with Crippen molar-refractivity contribution < 1.29 is 19.6 Å². The quantitative estimate of drug-likeness (QED) is 0.562.